The van der Waals surface area contributed by atoms with E-state index in [1.807, 2.05) is 30.3 Å². The number of aromatic nitrogens is 1. The minimum Gasteiger partial charge on any atom is -0.352 e. The number of carbonyl (C=O) groups is 1. The molecule has 1 saturated carbocycles. The minimum atomic E-state index is 0.0198. The molecule has 0 spiro atoms. The van der Waals surface area contributed by atoms with E-state index < -0.39 is 0 Å². The van der Waals surface area contributed by atoms with Crippen LogP contribution in [-0.4, -0.2) is 42.0 Å². The van der Waals surface area contributed by atoms with Crippen LogP contribution in [-0.2, 0) is 0 Å². The Balaban J connectivity index is 1.60. The fourth-order valence-electron chi connectivity index (χ4n) is 3.89. The third-order valence-corrected chi connectivity index (χ3v) is 5.56. The average Bonchev–Trinajstić information content (AvgIpc) is 3.33. The van der Waals surface area contributed by atoms with Gasteiger partial charge >= 0.3 is 0 Å². The number of benzene rings is 1. The summed E-state index contributed by atoms with van der Waals surface area (Å²) in [5.74, 6) is 1.83. The van der Waals surface area contributed by atoms with Gasteiger partial charge in [0.05, 0.1) is 11.1 Å². The van der Waals surface area contributed by atoms with Gasteiger partial charge in [0.2, 0.25) is 0 Å². The van der Waals surface area contributed by atoms with E-state index in [0.717, 1.165) is 47.6 Å². The van der Waals surface area contributed by atoms with E-state index in [9.17, 15) is 4.79 Å². The van der Waals surface area contributed by atoms with Crippen LogP contribution in [0.1, 0.15) is 55.1 Å². The quantitative estimate of drug-likeness (QED) is 0.860. The maximum atomic E-state index is 12.8. The average molecular weight is 351 g/mol. The number of carbonyl (C=O) groups excluding carboxylic acids is 1. The van der Waals surface area contributed by atoms with Crippen molar-refractivity contribution in [3.8, 4) is 0 Å². The standard InChI is InChI=1S/C22H29N3O/c1-15(2)12-23-22(26)19-11-21(24-20-6-4-3-5-18(19)20)17-9-10-25(14-17)13-16-7-8-16/h3-6,11,15-17H,7-10,12-14H2,1-2H3,(H,23,26). The number of fused-ring (bicyclic) bond motifs is 1. The smallest absolute Gasteiger partial charge is 0.252 e. The molecule has 1 amide bonds. The molecule has 0 radical (unpaired) electrons. The van der Waals surface area contributed by atoms with Crippen LogP contribution in [0.5, 0.6) is 0 Å². The second-order valence-electron chi connectivity index (χ2n) is 8.40. The number of nitrogens with zero attached hydrogens (tertiary/aromatic N) is 2. The van der Waals surface area contributed by atoms with Gasteiger partial charge in [0, 0.05) is 36.6 Å². The minimum absolute atomic E-state index is 0.0198. The van der Waals surface area contributed by atoms with Crippen LogP contribution in [0.15, 0.2) is 30.3 Å². The van der Waals surface area contributed by atoms with Gasteiger partial charge in [-0.25, -0.2) is 0 Å². The Kier molecular flexibility index (Phi) is 4.94. The van der Waals surface area contributed by atoms with Crippen molar-refractivity contribution in [2.75, 3.05) is 26.2 Å². The van der Waals surface area contributed by atoms with Crippen molar-refractivity contribution in [2.45, 2.75) is 39.0 Å². The van der Waals surface area contributed by atoms with Crippen molar-refractivity contribution < 1.29 is 4.79 Å². The highest BCUT2D eigenvalue weighted by atomic mass is 16.1. The zero-order valence-electron chi connectivity index (χ0n) is 15.9. The van der Waals surface area contributed by atoms with Crippen molar-refractivity contribution in [3.63, 3.8) is 0 Å². The molecule has 2 fully saturated rings. The van der Waals surface area contributed by atoms with Crippen LogP contribution in [0.2, 0.25) is 0 Å². The number of hydrogen-bond acceptors (Lipinski definition) is 3. The van der Waals surface area contributed by atoms with Crippen LogP contribution in [0, 0.1) is 11.8 Å². The molecule has 1 aromatic heterocycles. The van der Waals surface area contributed by atoms with E-state index in [1.54, 1.807) is 0 Å². The summed E-state index contributed by atoms with van der Waals surface area (Å²) in [4.78, 5) is 20.3. The van der Waals surface area contributed by atoms with E-state index in [1.165, 1.54) is 19.4 Å². The summed E-state index contributed by atoms with van der Waals surface area (Å²) in [5, 5.41) is 4.02. The van der Waals surface area contributed by atoms with Crippen molar-refractivity contribution in [1.29, 1.82) is 0 Å². The number of nitrogens with one attached hydrogen (secondary N) is 1. The highest BCUT2D eigenvalue weighted by Crippen LogP contribution is 2.34. The lowest BCUT2D eigenvalue weighted by molar-refractivity contribution is 0.0950. The molecule has 1 unspecified atom stereocenters. The third kappa shape index (κ3) is 3.90. The van der Waals surface area contributed by atoms with Gasteiger partial charge in [-0.2, -0.15) is 0 Å². The SMILES string of the molecule is CC(C)CNC(=O)c1cc(C2CCN(CC3CC3)C2)nc2ccccc12. The van der Waals surface area contributed by atoms with Gasteiger partial charge in [0.25, 0.3) is 5.91 Å². The van der Waals surface area contributed by atoms with Crippen LogP contribution in [0.3, 0.4) is 0 Å². The second-order valence-corrected chi connectivity index (χ2v) is 8.40. The predicted octanol–water partition coefficient (Wildman–Crippen LogP) is 3.82. The summed E-state index contributed by atoms with van der Waals surface area (Å²) in [6.07, 6.45) is 3.94. The van der Waals surface area contributed by atoms with Crippen molar-refractivity contribution >= 4 is 16.8 Å². The maximum absolute atomic E-state index is 12.8. The summed E-state index contributed by atoms with van der Waals surface area (Å²) in [5.41, 5.74) is 2.78. The van der Waals surface area contributed by atoms with E-state index >= 15 is 0 Å². The monoisotopic (exact) mass is 351 g/mol. The lowest BCUT2D eigenvalue weighted by Gasteiger charge is -2.17. The maximum Gasteiger partial charge on any atom is 0.252 e. The second kappa shape index (κ2) is 7.36. The van der Waals surface area contributed by atoms with Crippen molar-refractivity contribution in [3.05, 3.63) is 41.6 Å². The Labute approximate surface area is 156 Å². The van der Waals surface area contributed by atoms with Gasteiger partial charge in [-0.15, -0.1) is 0 Å². The number of hydrogen-bond donors (Lipinski definition) is 1. The highest BCUT2D eigenvalue weighted by molar-refractivity contribution is 6.06. The van der Waals surface area contributed by atoms with E-state index in [4.69, 9.17) is 4.98 Å². The Morgan fingerprint density at radius 3 is 2.85 bits per heavy atom. The number of pyridine rings is 1. The highest BCUT2D eigenvalue weighted by Gasteiger charge is 2.31. The molecule has 2 heterocycles. The third-order valence-electron chi connectivity index (χ3n) is 5.56. The van der Waals surface area contributed by atoms with Crippen LogP contribution in [0.4, 0.5) is 0 Å². The Bertz CT molecular complexity index is 797. The molecule has 4 nitrogen and oxygen atoms in total. The fraction of sp³-hybridized carbons (Fsp3) is 0.545. The van der Waals surface area contributed by atoms with Crippen LogP contribution < -0.4 is 5.32 Å². The molecule has 4 heteroatoms. The molecule has 1 saturated heterocycles. The molecular formula is C22H29N3O. The molecule has 138 valence electrons. The Hall–Kier alpha value is -1.94. The molecule has 1 atom stereocenters. The lowest BCUT2D eigenvalue weighted by Crippen LogP contribution is -2.28. The Morgan fingerprint density at radius 1 is 1.27 bits per heavy atom. The molecule has 0 bridgehead atoms. The van der Waals surface area contributed by atoms with Crippen molar-refractivity contribution in [1.82, 2.24) is 15.2 Å². The summed E-state index contributed by atoms with van der Waals surface area (Å²) >= 11 is 0. The van der Waals surface area contributed by atoms with Gasteiger partial charge in [0.1, 0.15) is 0 Å². The fourth-order valence-corrected chi connectivity index (χ4v) is 3.89. The molecule has 1 aliphatic carbocycles. The predicted molar refractivity (Wildman–Crippen MR) is 105 cm³/mol. The van der Waals surface area contributed by atoms with E-state index in [2.05, 4.69) is 24.1 Å². The summed E-state index contributed by atoms with van der Waals surface area (Å²) in [7, 11) is 0. The zero-order valence-corrected chi connectivity index (χ0v) is 15.9. The molecule has 26 heavy (non-hydrogen) atoms. The van der Waals surface area contributed by atoms with E-state index in [-0.39, 0.29) is 5.91 Å². The largest absolute Gasteiger partial charge is 0.352 e. The molecule has 4 rings (SSSR count). The first-order valence-corrected chi connectivity index (χ1v) is 10.0. The number of rotatable bonds is 6. The lowest BCUT2D eigenvalue weighted by atomic mass is 9.99. The Morgan fingerprint density at radius 2 is 2.08 bits per heavy atom. The van der Waals surface area contributed by atoms with Gasteiger partial charge in [0.15, 0.2) is 0 Å². The first-order chi connectivity index (χ1) is 12.6. The molecular weight excluding hydrogens is 322 g/mol. The van der Waals surface area contributed by atoms with Gasteiger partial charge < -0.3 is 10.2 Å². The first-order valence-electron chi connectivity index (χ1n) is 10.0. The molecule has 2 aliphatic rings. The molecule has 1 N–H and O–H groups in total. The van der Waals surface area contributed by atoms with Crippen molar-refractivity contribution in [2.24, 2.45) is 11.8 Å². The topological polar surface area (TPSA) is 45.2 Å². The van der Waals surface area contributed by atoms with Gasteiger partial charge in [-0.05, 0) is 49.8 Å². The van der Waals surface area contributed by atoms with Gasteiger partial charge in [-0.3, -0.25) is 9.78 Å². The summed E-state index contributed by atoms with van der Waals surface area (Å²) < 4.78 is 0. The van der Waals surface area contributed by atoms with Gasteiger partial charge in [-0.1, -0.05) is 32.0 Å². The summed E-state index contributed by atoms with van der Waals surface area (Å²) in [6.45, 7) is 8.40. The van der Waals surface area contributed by atoms with E-state index in [0.29, 0.717) is 18.4 Å². The molecule has 2 aromatic rings. The summed E-state index contributed by atoms with van der Waals surface area (Å²) in [6, 6.07) is 10.1. The molecule has 1 aromatic carbocycles. The zero-order chi connectivity index (χ0) is 18.1. The number of amides is 1. The normalized spacial score (nSPS) is 20.8. The molecule has 1 aliphatic heterocycles. The first kappa shape index (κ1) is 17.5. The number of likely N-dealkylation sites (tertiary alicyclic amines) is 1. The van der Waals surface area contributed by atoms with Crippen LogP contribution >= 0.6 is 0 Å². The van der Waals surface area contributed by atoms with Crippen LogP contribution in [0.25, 0.3) is 10.9 Å². The number of para-hydroxylation sites is 1.